The molecule has 0 saturated carbocycles. The number of para-hydroxylation sites is 1. The van der Waals surface area contributed by atoms with Crippen molar-refractivity contribution in [2.75, 3.05) is 42.6 Å². The topological polar surface area (TPSA) is 44.8 Å². The lowest BCUT2D eigenvalue weighted by Gasteiger charge is -2.28. The molecule has 1 N–H and O–H groups in total. The minimum absolute atomic E-state index is 0.0414. The number of nitrogens with zero attached hydrogens (tertiary/aromatic N) is 2. The Hall–Kier alpha value is -3.31. The van der Waals surface area contributed by atoms with E-state index in [1.165, 1.54) is 22.5 Å². The van der Waals surface area contributed by atoms with Crippen molar-refractivity contribution in [3.63, 3.8) is 0 Å². The molecule has 1 amide bonds. The van der Waals surface area contributed by atoms with Crippen molar-refractivity contribution in [1.82, 2.24) is 5.32 Å². The molecular weight excluding hydrogens is 398 g/mol. The van der Waals surface area contributed by atoms with Crippen LogP contribution in [0.1, 0.15) is 27.0 Å². The zero-order valence-corrected chi connectivity index (χ0v) is 18.3. The Morgan fingerprint density at radius 2 is 1.56 bits per heavy atom. The summed E-state index contributed by atoms with van der Waals surface area (Å²) < 4.78 is 5.41. The van der Waals surface area contributed by atoms with Crippen LogP contribution in [0.4, 0.5) is 11.4 Å². The van der Waals surface area contributed by atoms with E-state index in [-0.39, 0.29) is 5.91 Å². The van der Waals surface area contributed by atoms with Gasteiger partial charge in [0.15, 0.2) is 0 Å². The van der Waals surface area contributed by atoms with Crippen molar-refractivity contribution in [3.8, 4) is 0 Å². The second-order valence-electron chi connectivity index (χ2n) is 8.45. The third-order valence-corrected chi connectivity index (χ3v) is 6.34. The maximum atomic E-state index is 12.6. The molecule has 0 bridgehead atoms. The van der Waals surface area contributed by atoms with Crippen LogP contribution in [0.15, 0.2) is 72.8 Å². The number of ether oxygens (including phenoxy) is 1. The minimum Gasteiger partial charge on any atom is -0.378 e. The number of rotatable bonds is 6. The van der Waals surface area contributed by atoms with Crippen LogP contribution >= 0.6 is 0 Å². The molecule has 2 heterocycles. The van der Waals surface area contributed by atoms with Gasteiger partial charge in [0.25, 0.3) is 5.91 Å². The summed E-state index contributed by atoms with van der Waals surface area (Å²) in [4.78, 5) is 17.3. The lowest BCUT2D eigenvalue weighted by atomic mass is 10.1. The van der Waals surface area contributed by atoms with Gasteiger partial charge in [0.2, 0.25) is 0 Å². The Labute approximate surface area is 189 Å². The fourth-order valence-electron chi connectivity index (χ4n) is 4.48. The van der Waals surface area contributed by atoms with Gasteiger partial charge >= 0.3 is 0 Å². The molecule has 1 fully saturated rings. The molecule has 0 atom stereocenters. The summed E-state index contributed by atoms with van der Waals surface area (Å²) in [5.41, 5.74) is 6.96. The van der Waals surface area contributed by atoms with Crippen LogP contribution < -0.4 is 15.1 Å². The van der Waals surface area contributed by atoms with E-state index < -0.39 is 0 Å². The molecule has 2 aliphatic heterocycles. The fraction of sp³-hybridized carbons (Fsp3) is 0.296. The summed E-state index contributed by atoms with van der Waals surface area (Å²) in [6, 6.07) is 25.0. The second kappa shape index (κ2) is 9.45. The number of hydrogen-bond acceptors (Lipinski definition) is 4. The van der Waals surface area contributed by atoms with Crippen molar-refractivity contribution in [2.24, 2.45) is 0 Å². The number of fused-ring (bicyclic) bond motifs is 1. The van der Waals surface area contributed by atoms with Crippen molar-refractivity contribution in [3.05, 3.63) is 95.1 Å². The van der Waals surface area contributed by atoms with Crippen LogP contribution in [0.5, 0.6) is 0 Å². The smallest absolute Gasteiger partial charge is 0.251 e. The number of carbonyl (C=O) groups excluding carboxylic acids is 1. The van der Waals surface area contributed by atoms with Gasteiger partial charge in [-0.15, -0.1) is 0 Å². The maximum absolute atomic E-state index is 12.6. The quantitative estimate of drug-likeness (QED) is 0.646. The Kier molecular flexibility index (Phi) is 6.08. The van der Waals surface area contributed by atoms with Crippen LogP contribution in [0.25, 0.3) is 0 Å². The third-order valence-electron chi connectivity index (χ3n) is 6.34. The first-order valence-corrected chi connectivity index (χ1v) is 11.4. The summed E-state index contributed by atoms with van der Waals surface area (Å²) in [5.74, 6) is -0.0414. The molecule has 3 aromatic rings. The van der Waals surface area contributed by atoms with Gasteiger partial charge in [0.1, 0.15) is 0 Å². The third kappa shape index (κ3) is 4.63. The number of anilines is 2. The standard InChI is InChI=1S/C27H29N3O2/c31-27(28-19-21-7-11-25(12-8-21)29-15-17-32-18-16-29)24-9-5-22(6-10-24)20-30-14-13-23-3-1-2-4-26(23)30/h1-12H,13-20H2,(H,28,31). The number of carbonyl (C=O) groups is 1. The summed E-state index contributed by atoms with van der Waals surface area (Å²) in [6.07, 6.45) is 1.10. The molecule has 5 rings (SSSR count). The zero-order valence-electron chi connectivity index (χ0n) is 18.3. The molecule has 0 aliphatic carbocycles. The summed E-state index contributed by atoms with van der Waals surface area (Å²) in [6.45, 7) is 5.85. The highest BCUT2D eigenvalue weighted by atomic mass is 16.5. The predicted molar refractivity (Wildman–Crippen MR) is 128 cm³/mol. The summed E-state index contributed by atoms with van der Waals surface area (Å²) in [5, 5.41) is 3.04. The molecule has 5 heteroatoms. The Morgan fingerprint density at radius 1 is 0.844 bits per heavy atom. The number of morpholine rings is 1. The van der Waals surface area contributed by atoms with E-state index in [9.17, 15) is 4.79 Å². The van der Waals surface area contributed by atoms with Crippen molar-refractivity contribution >= 4 is 17.3 Å². The molecule has 0 aromatic heterocycles. The molecule has 0 radical (unpaired) electrons. The average Bonchev–Trinajstić information content (AvgIpc) is 3.27. The molecule has 0 unspecified atom stereocenters. The number of amides is 1. The lowest BCUT2D eigenvalue weighted by Crippen LogP contribution is -2.36. The first-order valence-electron chi connectivity index (χ1n) is 11.4. The van der Waals surface area contributed by atoms with Gasteiger partial charge in [-0.1, -0.05) is 42.5 Å². The molecule has 32 heavy (non-hydrogen) atoms. The van der Waals surface area contributed by atoms with E-state index in [0.717, 1.165) is 51.4 Å². The molecule has 5 nitrogen and oxygen atoms in total. The van der Waals surface area contributed by atoms with Gasteiger partial charge in [0, 0.05) is 49.7 Å². The van der Waals surface area contributed by atoms with Gasteiger partial charge in [-0.05, 0) is 53.4 Å². The molecule has 0 spiro atoms. The monoisotopic (exact) mass is 427 g/mol. The van der Waals surface area contributed by atoms with Crippen LogP contribution in [0.2, 0.25) is 0 Å². The van der Waals surface area contributed by atoms with Gasteiger partial charge in [-0.3, -0.25) is 4.79 Å². The van der Waals surface area contributed by atoms with Crippen LogP contribution in [0, 0.1) is 0 Å². The molecule has 1 saturated heterocycles. The first kappa shape index (κ1) is 20.6. The van der Waals surface area contributed by atoms with E-state index in [1.54, 1.807) is 0 Å². The predicted octanol–water partition coefficient (Wildman–Crippen LogP) is 4.02. The van der Waals surface area contributed by atoms with Gasteiger partial charge < -0.3 is 19.9 Å². The number of hydrogen-bond donors (Lipinski definition) is 1. The Balaban J connectivity index is 1.14. The second-order valence-corrected chi connectivity index (χ2v) is 8.45. The van der Waals surface area contributed by atoms with E-state index in [2.05, 4.69) is 75.8 Å². The van der Waals surface area contributed by atoms with Crippen LogP contribution in [-0.2, 0) is 24.2 Å². The number of benzene rings is 3. The highest BCUT2D eigenvalue weighted by Crippen LogP contribution is 2.28. The molecule has 2 aliphatic rings. The van der Waals surface area contributed by atoms with Gasteiger partial charge in [-0.25, -0.2) is 0 Å². The normalized spacial score (nSPS) is 15.5. The van der Waals surface area contributed by atoms with E-state index in [1.807, 2.05) is 12.1 Å². The lowest BCUT2D eigenvalue weighted by molar-refractivity contribution is 0.0951. The zero-order chi connectivity index (χ0) is 21.8. The highest BCUT2D eigenvalue weighted by molar-refractivity contribution is 5.94. The van der Waals surface area contributed by atoms with Crippen LogP contribution in [0.3, 0.4) is 0 Å². The van der Waals surface area contributed by atoms with Crippen molar-refractivity contribution < 1.29 is 9.53 Å². The summed E-state index contributed by atoms with van der Waals surface area (Å²) >= 11 is 0. The number of nitrogens with one attached hydrogen (secondary N) is 1. The Morgan fingerprint density at radius 3 is 2.34 bits per heavy atom. The largest absolute Gasteiger partial charge is 0.378 e. The van der Waals surface area contributed by atoms with Crippen molar-refractivity contribution in [1.29, 1.82) is 0 Å². The fourth-order valence-corrected chi connectivity index (χ4v) is 4.48. The van der Waals surface area contributed by atoms with E-state index >= 15 is 0 Å². The van der Waals surface area contributed by atoms with E-state index in [4.69, 9.17) is 4.74 Å². The summed E-state index contributed by atoms with van der Waals surface area (Å²) in [7, 11) is 0. The van der Waals surface area contributed by atoms with E-state index in [0.29, 0.717) is 12.1 Å². The maximum Gasteiger partial charge on any atom is 0.251 e. The minimum atomic E-state index is -0.0414. The molecule has 3 aromatic carbocycles. The van der Waals surface area contributed by atoms with Gasteiger partial charge in [0.05, 0.1) is 13.2 Å². The Bertz CT molecular complexity index is 1060. The first-order chi connectivity index (χ1) is 15.8. The average molecular weight is 428 g/mol. The van der Waals surface area contributed by atoms with Gasteiger partial charge in [-0.2, -0.15) is 0 Å². The SMILES string of the molecule is O=C(NCc1ccc(N2CCOCC2)cc1)c1ccc(CN2CCc3ccccc32)cc1. The highest BCUT2D eigenvalue weighted by Gasteiger charge is 2.18. The molecule has 164 valence electrons. The molecular formula is C27H29N3O2. The van der Waals surface area contributed by atoms with Crippen molar-refractivity contribution in [2.45, 2.75) is 19.5 Å². The van der Waals surface area contributed by atoms with Crippen LogP contribution in [-0.4, -0.2) is 38.8 Å².